The second kappa shape index (κ2) is 6.62. The Morgan fingerprint density at radius 2 is 1.94 bits per heavy atom. The van der Waals surface area contributed by atoms with Crippen molar-refractivity contribution in [3.8, 4) is 5.75 Å². The van der Waals surface area contributed by atoms with Crippen molar-refractivity contribution >= 4 is 0 Å². The van der Waals surface area contributed by atoms with Gasteiger partial charge in [-0.25, -0.2) is 0 Å². The van der Waals surface area contributed by atoms with Crippen LogP contribution in [-0.4, -0.2) is 38.2 Å². The molecule has 0 aliphatic heterocycles. The number of hydrogen-bond donors (Lipinski definition) is 1. The van der Waals surface area contributed by atoms with Crippen LogP contribution in [0.5, 0.6) is 5.75 Å². The van der Waals surface area contributed by atoms with Crippen LogP contribution >= 0.6 is 0 Å². The highest BCUT2D eigenvalue weighted by Gasteiger charge is 2.16. The number of methoxy groups -OCH3 is 1. The summed E-state index contributed by atoms with van der Waals surface area (Å²) in [6.07, 6.45) is 0. The van der Waals surface area contributed by atoms with Gasteiger partial charge in [-0.15, -0.1) is 0 Å². The quantitative estimate of drug-likeness (QED) is 0.819. The van der Waals surface area contributed by atoms with E-state index in [1.807, 2.05) is 19.2 Å². The molecule has 1 N–H and O–H groups in total. The number of rotatable bonds is 6. The first-order valence-electron chi connectivity index (χ1n) is 6.09. The summed E-state index contributed by atoms with van der Waals surface area (Å²) in [4.78, 5) is 2.33. The van der Waals surface area contributed by atoms with Gasteiger partial charge in [-0.3, -0.25) is 4.90 Å². The number of likely N-dealkylation sites (N-methyl/N-ethyl adjacent to an activating group) is 2. The van der Waals surface area contributed by atoms with Gasteiger partial charge in [0.25, 0.3) is 0 Å². The lowest BCUT2D eigenvalue weighted by molar-refractivity contribution is 0.208. The van der Waals surface area contributed by atoms with Gasteiger partial charge >= 0.3 is 0 Å². The highest BCUT2D eigenvalue weighted by Crippen LogP contribution is 2.19. The summed E-state index contributed by atoms with van der Waals surface area (Å²) in [6.45, 7) is 5.33. The van der Waals surface area contributed by atoms with Crippen LogP contribution in [0.4, 0.5) is 0 Å². The lowest BCUT2D eigenvalue weighted by atomic mass is 10.1. The molecule has 3 heteroatoms. The SMILES string of the molecule is CNC(C)C(C)N(C)Cc1ccccc1OC. The molecular formula is C14H24N2O. The molecule has 0 saturated carbocycles. The summed E-state index contributed by atoms with van der Waals surface area (Å²) in [6, 6.07) is 9.13. The van der Waals surface area contributed by atoms with Gasteiger partial charge in [0.2, 0.25) is 0 Å². The van der Waals surface area contributed by atoms with Gasteiger partial charge in [0.15, 0.2) is 0 Å². The molecule has 0 fully saturated rings. The molecule has 0 amide bonds. The van der Waals surface area contributed by atoms with E-state index in [1.54, 1.807) is 7.11 Å². The first-order valence-corrected chi connectivity index (χ1v) is 6.09. The molecule has 2 unspecified atom stereocenters. The molecule has 0 aliphatic carbocycles. The van der Waals surface area contributed by atoms with Crippen molar-refractivity contribution < 1.29 is 4.74 Å². The molecule has 0 spiro atoms. The van der Waals surface area contributed by atoms with Crippen molar-refractivity contribution in [1.29, 1.82) is 0 Å². The summed E-state index contributed by atoms with van der Waals surface area (Å²) >= 11 is 0. The van der Waals surface area contributed by atoms with Crippen molar-refractivity contribution in [2.24, 2.45) is 0 Å². The molecule has 3 nitrogen and oxygen atoms in total. The van der Waals surface area contributed by atoms with Crippen LogP contribution in [0, 0.1) is 0 Å². The number of hydrogen-bond acceptors (Lipinski definition) is 3. The Balaban J connectivity index is 2.70. The van der Waals surface area contributed by atoms with E-state index in [1.165, 1.54) is 5.56 Å². The van der Waals surface area contributed by atoms with Crippen LogP contribution in [0.25, 0.3) is 0 Å². The Hall–Kier alpha value is -1.06. The summed E-state index contributed by atoms with van der Waals surface area (Å²) in [5.74, 6) is 0.962. The van der Waals surface area contributed by atoms with Crippen LogP contribution in [-0.2, 0) is 6.54 Å². The smallest absolute Gasteiger partial charge is 0.123 e. The van der Waals surface area contributed by atoms with Gasteiger partial charge in [-0.2, -0.15) is 0 Å². The maximum Gasteiger partial charge on any atom is 0.123 e. The number of benzene rings is 1. The average molecular weight is 236 g/mol. The zero-order valence-electron chi connectivity index (χ0n) is 11.5. The molecule has 0 saturated heterocycles. The number of nitrogens with one attached hydrogen (secondary N) is 1. The number of nitrogens with zero attached hydrogens (tertiary/aromatic N) is 1. The van der Waals surface area contributed by atoms with Crippen LogP contribution in [0.1, 0.15) is 19.4 Å². The zero-order chi connectivity index (χ0) is 12.8. The van der Waals surface area contributed by atoms with E-state index in [-0.39, 0.29) is 0 Å². The lowest BCUT2D eigenvalue weighted by Crippen LogP contribution is -2.43. The normalized spacial score (nSPS) is 14.7. The number of ether oxygens (including phenoxy) is 1. The molecule has 0 bridgehead atoms. The third kappa shape index (κ3) is 3.72. The Labute approximate surface area is 105 Å². The van der Waals surface area contributed by atoms with Gasteiger partial charge < -0.3 is 10.1 Å². The van der Waals surface area contributed by atoms with Gasteiger partial charge in [0.1, 0.15) is 5.75 Å². The highest BCUT2D eigenvalue weighted by atomic mass is 16.5. The minimum absolute atomic E-state index is 0.467. The lowest BCUT2D eigenvalue weighted by Gasteiger charge is -2.30. The fraction of sp³-hybridized carbons (Fsp3) is 0.571. The van der Waals surface area contributed by atoms with Crippen LogP contribution < -0.4 is 10.1 Å². The first-order chi connectivity index (χ1) is 8.10. The van der Waals surface area contributed by atoms with Crippen molar-refractivity contribution in [2.75, 3.05) is 21.2 Å². The van der Waals surface area contributed by atoms with Gasteiger partial charge in [0.05, 0.1) is 7.11 Å². The molecule has 1 rings (SSSR count). The second-order valence-corrected chi connectivity index (χ2v) is 4.54. The van der Waals surface area contributed by atoms with Crippen LogP contribution in [0.2, 0.25) is 0 Å². The van der Waals surface area contributed by atoms with Crippen LogP contribution in [0.3, 0.4) is 0 Å². The monoisotopic (exact) mass is 236 g/mol. The minimum atomic E-state index is 0.467. The van der Waals surface area contributed by atoms with Crippen molar-refractivity contribution in [1.82, 2.24) is 10.2 Å². The summed E-state index contributed by atoms with van der Waals surface area (Å²) in [5, 5.41) is 3.29. The molecule has 0 heterocycles. The molecule has 1 aromatic rings. The molecule has 17 heavy (non-hydrogen) atoms. The van der Waals surface area contributed by atoms with E-state index in [4.69, 9.17) is 4.74 Å². The molecule has 2 atom stereocenters. The van der Waals surface area contributed by atoms with Crippen molar-refractivity contribution in [3.05, 3.63) is 29.8 Å². The fourth-order valence-corrected chi connectivity index (χ4v) is 1.87. The van der Waals surface area contributed by atoms with E-state index in [0.717, 1.165) is 12.3 Å². The second-order valence-electron chi connectivity index (χ2n) is 4.54. The highest BCUT2D eigenvalue weighted by molar-refractivity contribution is 5.33. The van der Waals surface area contributed by atoms with E-state index < -0.39 is 0 Å². The number of para-hydroxylation sites is 1. The first kappa shape index (κ1) is 14.0. The minimum Gasteiger partial charge on any atom is -0.496 e. The summed E-state index contributed by atoms with van der Waals surface area (Å²) in [5.41, 5.74) is 1.23. The van der Waals surface area contributed by atoms with Gasteiger partial charge in [-0.05, 0) is 34.0 Å². The Morgan fingerprint density at radius 1 is 1.29 bits per heavy atom. The molecular weight excluding hydrogens is 212 g/mol. The Bertz CT molecular complexity index is 341. The molecule has 0 aromatic heterocycles. The Morgan fingerprint density at radius 3 is 2.53 bits per heavy atom. The third-order valence-corrected chi connectivity index (χ3v) is 3.49. The summed E-state index contributed by atoms with van der Waals surface area (Å²) < 4.78 is 5.37. The maximum atomic E-state index is 5.37. The van der Waals surface area contributed by atoms with Gasteiger partial charge in [0, 0.05) is 24.2 Å². The molecule has 96 valence electrons. The largest absolute Gasteiger partial charge is 0.496 e. The molecule has 1 aromatic carbocycles. The third-order valence-electron chi connectivity index (χ3n) is 3.49. The van der Waals surface area contributed by atoms with E-state index >= 15 is 0 Å². The fourth-order valence-electron chi connectivity index (χ4n) is 1.87. The standard InChI is InChI=1S/C14H24N2O/c1-11(15-3)12(2)16(4)10-13-8-6-7-9-14(13)17-5/h6-9,11-12,15H,10H2,1-5H3. The topological polar surface area (TPSA) is 24.5 Å². The van der Waals surface area contributed by atoms with Crippen molar-refractivity contribution in [2.45, 2.75) is 32.5 Å². The van der Waals surface area contributed by atoms with E-state index in [0.29, 0.717) is 12.1 Å². The predicted molar refractivity (Wildman–Crippen MR) is 72.4 cm³/mol. The van der Waals surface area contributed by atoms with E-state index in [2.05, 4.69) is 43.2 Å². The molecule has 0 radical (unpaired) electrons. The average Bonchev–Trinajstić information content (AvgIpc) is 2.37. The van der Waals surface area contributed by atoms with E-state index in [9.17, 15) is 0 Å². The van der Waals surface area contributed by atoms with Crippen LogP contribution in [0.15, 0.2) is 24.3 Å². The maximum absolute atomic E-state index is 5.37. The summed E-state index contributed by atoms with van der Waals surface area (Å²) in [7, 11) is 5.86. The van der Waals surface area contributed by atoms with Crippen molar-refractivity contribution in [3.63, 3.8) is 0 Å². The Kier molecular flexibility index (Phi) is 5.45. The zero-order valence-corrected chi connectivity index (χ0v) is 11.5. The molecule has 0 aliphatic rings. The predicted octanol–water partition coefficient (Wildman–Crippen LogP) is 2.12. The van der Waals surface area contributed by atoms with Gasteiger partial charge in [-0.1, -0.05) is 18.2 Å².